The summed E-state index contributed by atoms with van der Waals surface area (Å²) >= 11 is 3.50. The number of anilines is 2. The first kappa shape index (κ1) is 17.4. The number of methoxy groups -OCH3 is 1. The summed E-state index contributed by atoms with van der Waals surface area (Å²) in [4.78, 5) is 20.2. The van der Waals surface area contributed by atoms with Crippen molar-refractivity contribution in [1.82, 2.24) is 15.3 Å². The molecule has 2 rings (SSSR count). The molecule has 0 spiro atoms. The van der Waals surface area contributed by atoms with Gasteiger partial charge in [0.2, 0.25) is 0 Å². The molecule has 2 aromatic rings. The summed E-state index contributed by atoms with van der Waals surface area (Å²) in [5.74, 6) is 0.334. The molecule has 0 fully saturated rings. The Labute approximate surface area is 143 Å². The van der Waals surface area contributed by atoms with E-state index < -0.39 is 0 Å². The minimum atomic E-state index is -0.227. The largest absolute Gasteiger partial charge is 0.385 e. The third kappa shape index (κ3) is 5.30. The molecule has 1 aromatic carbocycles. The van der Waals surface area contributed by atoms with Gasteiger partial charge in [0.15, 0.2) is 0 Å². The van der Waals surface area contributed by atoms with Crippen molar-refractivity contribution in [2.45, 2.75) is 13.3 Å². The molecule has 0 bridgehead atoms. The highest BCUT2D eigenvalue weighted by Gasteiger charge is 2.09. The van der Waals surface area contributed by atoms with Gasteiger partial charge in [0.25, 0.3) is 5.91 Å². The lowest BCUT2D eigenvalue weighted by atomic mass is 10.2. The molecular weight excluding hydrogens is 360 g/mol. The highest BCUT2D eigenvalue weighted by Crippen LogP contribution is 2.26. The van der Waals surface area contributed by atoms with Gasteiger partial charge < -0.3 is 15.4 Å². The molecule has 0 saturated carbocycles. The van der Waals surface area contributed by atoms with Crippen LogP contribution in [0.2, 0.25) is 0 Å². The van der Waals surface area contributed by atoms with E-state index in [0.29, 0.717) is 24.7 Å². The maximum Gasteiger partial charge on any atom is 0.270 e. The van der Waals surface area contributed by atoms with Gasteiger partial charge in [-0.3, -0.25) is 4.79 Å². The molecule has 6 nitrogen and oxygen atoms in total. The zero-order valence-corrected chi connectivity index (χ0v) is 14.7. The molecule has 1 amide bonds. The van der Waals surface area contributed by atoms with Gasteiger partial charge in [-0.05, 0) is 47.0 Å². The Bertz CT molecular complexity index is 679. The molecule has 1 heterocycles. The Morgan fingerprint density at radius 3 is 2.87 bits per heavy atom. The SMILES string of the molecule is COCCCNC(=O)c1cc(Nc2ccc(C)cc2Br)ncn1. The molecule has 0 aliphatic heterocycles. The van der Waals surface area contributed by atoms with E-state index in [1.807, 2.05) is 25.1 Å². The predicted octanol–water partition coefficient (Wildman–Crippen LogP) is 3.06. The number of aryl methyl sites for hydroxylation is 1. The van der Waals surface area contributed by atoms with E-state index >= 15 is 0 Å². The van der Waals surface area contributed by atoms with E-state index in [1.165, 1.54) is 6.33 Å². The van der Waals surface area contributed by atoms with Gasteiger partial charge in [0.1, 0.15) is 17.8 Å². The second kappa shape index (κ2) is 8.59. The molecule has 0 atom stereocenters. The molecule has 0 aliphatic carbocycles. The number of aromatic nitrogens is 2. The first-order chi connectivity index (χ1) is 11.1. The van der Waals surface area contributed by atoms with Crippen LogP contribution in [-0.4, -0.2) is 36.1 Å². The van der Waals surface area contributed by atoms with E-state index in [9.17, 15) is 4.79 Å². The fourth-order valence-corrected chi connectivity index (χ4v) is 2.51. The Hall–Kier alpha value is -1.99. The average molecular weight is 379 g/mol. The highest BCUT2D eigenvalue weighted by molar-refractivity contribution is 9.10. The molecule has 23 heavy (non-hydrogen) atoms. The van der Waals surface area contributed by atoms with Crippen molar-refractivity contribution in [2.75, 3.05) is 25.6 Å². The number of rotatable bonds is 7. The first-order valence-electron chi connectivity index (χ1n) is 7.22. The Balaban J connectivity index is 2.03. The third-order valence-electron chi connectivity index (χ3n) is 3.10. The monoisotopic (exact) mass is 378 g/mol. The van der Waals surface area contributed by atoms with Crippen LogP contribution in [0.15, 0.2) is 35.1 Å². The van der Waals surface area contributed by atoms with Crippen LogP contribution in [0, 0.1) is 6.92 Å². The van der Waals surface area contributed by atoms with Gasteiger partial charge in [-0.1, -0.05) is 6.07 Å². The maximum atomic E-state index is 12.0. The number of hydrogen-bond donors (Lipinski definition) is 2. The maximum absolute atomic E-state index is 12.0. The van der Waals surface area contributed by atoms with E-state index in [0.717, 1.165) is 22.1 Å². The lowest BCUT2D eigenvalue weighted by molar-refractivity contribution is 0.0943. The number of halogens is 1. The third-order valence-corrected chi connectivity index (χ3v) is 3.75. The van der Waals surface area contributed by atoms with Crippen molar-refractivity contribution in [3.05, 3.63) is 46.3 Å². The lowest BCUT2D eigenvalue weighted by Crippen LogP contribution is -2.26. The number of carbonyl (C=O) groups excluding carboxylic acids is 1. The molecular formula is C16H19BrN4O2. The van der Waals surface area contributed by atoms with Crippen LogP contribution in [0.4, 0.5) is 11.5 Å². The number of hydrogen-bond acceptors (Lipinski definition) is 5. The molecule has 122 valence electrons. The molecule has 2 N–H and O–H groups in total. The average Bonchev–Trinajstić information content (AvgIpc) is 2.54. The summed E-state index contributed by atoms with van der Waals surface area (Å²) < 4.78 is 5.88. The first-order valence-corrected chi connectivity index (χ1v) is 8.02. The number of nitrogens with one attached hydrogen (secondary N) is 2. The van der Waals surface area contributed by atoms with Crippen molar-refractivity contribution in [1.29, 1.82) is 0 Å². The van der Waals surface area contributed by atoms with Crippen molar-refractivity contribution >= 4 is 33.3 Å². The van der Waals surface area contributed by atoms with Crippen molar-refractivity contribution in [3.63, 3.8) is 0 Å². The number of benzene rings is 1. The second-order valence-electron chi connectivity index (χ2n) is 5.00. The van der Waals surface area contributed by atoms with Crippen LogP contribution in [0.3, 0.4) is 0 Å². The predicted molar refractivity (Wildman–Crippen MR) is 93.0 cm³/mol. The molecule has 1 aromatic heterocycles. The van der Waals surface area contributed by atoms with E-state index in [4.69, 9.17) is 4.74 Å². The number of ether oxygens (including phenoxy) is 1. The quantitative estimate of drug-likeness (QED) is 0.724. The van der Waals surface area contributed by atoms with Crippen LogP contribution >= 0.6 is 15.9 Å². The summed E-state index contributed by atoms with van der Waals surface area (Å²) in [5.41, 5.74) is 2.35. The molecule has 0 aliphatic rings. The molecule has 0 saturated heterocycles. The summed E-state index contributed by atoms with van der Waals surface area (Å²) in [6.45, 7) is 3.17. The fourth-order valence-electron chi connectivity index (χ4n) is 1.92. The lowest BCUT2D eigenvalue weighted by Gasteiger charge is -2.09. The van der Waals surface area contributed by atoms with Crippen LogP contribution < -0.4 is 10.6 Å². The van der Waals surface area contributed by atoms with Crippen molar-refractivity contribution in [2.24, 2.45) is 0 Å². The second-order valence-corrected chi connectivity index (χ2v) is 5.85. The Morgan fingerprint density at radius 1 is 1.30 bits per heavy atom. The zero-order chi connectivity index (χ0) is 16.7. The van der Waals surface area contributed by atoms with Crippen molar-refractivity contribution in [3.8, 4) is 0 Å². The van der Waals surface area contributed by atoms with Crippen LogP contribution in [0.25, 0.3) is 0 Å². The summed E-state index contributed by atoms with van der Waals surface area (Å²) in [6.07, 6.45) is 2.13. The molecule has 0 radical (unpaired) electrons. The van der Waals surface area contributed by atoms with Gasteiger partial charge in [-0.2, -0.15) is 0 Å². The van der Waals surface area contributed by atoms with E-state index in [1.54, 1.807) is 13.2 Å². The van der Waals surface area contributed by atoms with Gasteiger partial charge in [0, 0.05) is 30.8 Å². The van der Waals surface area contributed by atoms with Crippen LogP contribution in [-0.2, 0) is 4.74 Å². The summed E-state index contributed by atoms with van der Waals surface area (Å²) in [5, 5.41) is 5.97. The van der Waals surface area contributed by atoms with Crippen LogP contribution in [0.5, 0.6) is 0 Å². The number of nitrogens with zero attached hydrogens (tertiary/aromatic N) is 2. The minimum Gasteiger partial charge on any atom is -0.385 e. The number of carbonyl (C=O) groups is 1. The molecule has 0 unspecified atom stereocenters. The zero-order valence-electron chi connectivity index (χ0n) is 13.1. The Morgan fingerprint density at radius 2 is 2.13 bits per heavy atom. The summed E-state index contributed by atoms with van der Waals surface area (Å²) in [6, 6.07) is 7.58. The van der Waals surface area contributed by atoms with E-state index in [-0.39, 0.29) is 5.91 Å². The normalized spacial score (nSPS) is 10.4. The summed E-state index contributed by atoms with van der Waals surface area (Å²) in [7, 11) is 1.63. The minimum absolute atomic E-state index is 0.227. The highest BCUT2D eigenvalue weighted by atomic mass is 79.9. The topological polar surface area (TPSA) is 76.1 Å². The fraction of sp³-hybridized carbons (Fsp3) is 0.312. The van der Waals surface area contributed by atoms with Gasteiger partial charge in [0.05, 0.1) is 5.69 Å². The van der Waals surface area contributed by atoms with Gasteiger partial charge >= 0.3 is 0 Å². The number of amides is 1. The van der Waals surface area contributed by atoms with E-state index in [2.05, 4.69) is 36.5 Å². The Kier molecular flexibility index (Phi) is 6.49. The standard InChI is InChI=1S/C16H19BrN4O2/c1-11-4-5-13(12(17)8-11)21-15-9-14(19-10-20-15)16(22)18-6-3-7-23-2/h4-5,8-10H,3,6-7H2,1-2H3,(H,18,22)(H,19,20,21). The molecule has 7 heteroatoms. The van der Waals surface area contributed by atoms with Gasteiger partial charge in [-0.15, -0.1) is 0 Å². The van der Waals surface area contributed by atoms with Crippen molar-refractivity contribution < 1.29 is 9.53 Å². The smallest absolute Gasteiger partial charge is 0.270 e. The van der Waals surface area contributed by atoms with Crippen LogP contribution in [0.1, 0.15) is 22.5 Å². The van der Waals surface area contributed by atoms with Gasteiger partial charge in [-0.25, -0.2) is 9.97 Å².